The molecule has 1 rings (SSSR count). The van der Waals surface area contributed by atoms with Gasteiger partial charge in [-0.15, -0.1) is 0 Å². The van der Waals surface area contributed by atoms with E-state index in [1.165, 1.54) is 7.11 Å². The number of methoxy groups -OCH3 is 1. The summed E-state index contributed by atoms with van der Waals surface area (Å²) >= 11 is 0. The van der Waals surface area contributed by atoms with Crippen molar-refractivity contribution >= 4 is 17.7 Å². The highest BCUT2D eigenvalue weighted by Gasteiger charge is 2.30. The largest absolute Gasteiger partial charge is 0.468 e. The van der Waals surface area contributed by atoms with Gasteiger partial charge in [0, 0.05) is 6.42 Å². The molecule has 5 heteroatoms. The summed E-state index contributed by atoms with van der Waals surface area (Å²) in [5, 5.41) is 0. The van der Waals surface area contributed by atoms with Crippen LogP contribution in [0.5, 0.6) is 0 Å². The third-order valence-electron chi connectivity index (χ3n) is 3.26. The fourth-order valence-electron chi connectivity index (χ4n) is 1.96. The molecule has 1 aromatic rings. The molecule has 0 N–H and O–H groups in total. The van der Waals surface area contributed by atoms with Gasteiger partial charge >= 0.3 is 11.9 Å². The molecule has 120 valence electrons. The van der Waals surface area contributed by atoms with E-state index in [2.05, 4.69) is 4.74 Å². The molecule has 1 unspecified atom stereocenters. The number of Topliss-reactive ketones (excluding diaryl/α,β-unsaturated/α-hetero) is 1. The molecule has 0 saturated carbocycles. The molecule has 0 radical (unpaired) electrons. The number of hydrogen-bond acceptors (Lipinski definition) is 5. The van der Waals surface area contributed by atoms with Gasteiger partial charge in [0.2, 0.25) is 0 Å². The van der Waals surface area contributed by atoms with Gasteiger partial charge in [0.25, 0.3) is 0 Å². The Balaban J connectivity index is 2.55. The van der Waals surface area contributed by atoms with Crippen LogP contribution in [0.4, 0.5) is 0 Å². The van der Waals surface area contributed by atoms with Gasteiger partial charge in [-0.25, -0.2) is 0 Å². The zero-order valence-electron chi connectivity index (χ0n) is 13.0. The van der Waals surface area contributed by atoms with Crippen molar-refractivity contribution in [2.24, 2.45) is 5.92 Å². The van der Waals surface area contributed by atoms with Gasteiger partial charge in [-0.05, 0) is 12.0 Å². The molecule has 0 aliphatic carbocycles. The van der Waals surface area contributed by atoms with E-state index < -0.39 is 17.9 Å². The van der Waals surface area contributed by atoms with Crippen molar-refractivity contribution in [1.29, 1.82) is 0 Å². The first-order valence-corrected chi connectivity index (χ1v) is 7.38. The lowest BCUT2D eigenvalue weighted by molar-refractivity contribution is -0.157. The Kier molecular flexibility index (Phi) is 7.89. The van der Waals surface area contributed by atoms with Crippen LogP contribution in [0.1, 0.15) is 38.2 Å². The van der Waals surface area contributed by atoms with Gasteiger partial charge in [-0.1, -0.05) is 43.7 Å². The Morgan fingerprint density at radius 3 is 2.41 bits per heavy atom. The van der Waals surface area contributed by atoms with E-state index in [1.807, 2.05) is 37.3 Å². The molecule has 0 aliphatic rings. The van der Waals surface area contributed by atoms with Gasteiger partial charge in [0.1, 0.15) is 18.3 Å². The lowest BCUT2D eigenvalue weighted by Crippen LogP contribution is -2.28. The van der Waals surface area contributed by atoms with E-state index in [1.54, 1.807) is 0 Å². The second-order valence-electron chi connectivity index (χ2n) is 5.00. The minimum Gasteiger partial charge on any atom is -0.468 e. The summed E-state index contributed by atoms with van der Waals surface area (Å²) in [5.74, 6) is -2.60. The molecule has 5 nitrogen and oxygen atoms in total. The van der Waals surface area contributed by atoms with E-state index in [9.17, 15) is 14.4 Å². The standard InChI is InChI=1S/C17H22O5/c1-3-4-10-15(18)14(17(20)21-2)11-16(19)22-12-13-8-6-5-7-9-13/h5-9,14H,3-4,10-12H2,1-2H3. The average Bonchev–Trinajstić information content (AvgIpc) is 2.55. The molecule has 0 aliphatic heterocycles. The van der Waals surface area contributed by atoms with Crippen molar-refractivity contribution in [3.05, 3.63) is 35.9 Å². The summed E-state index contributed by atoms with van der Waals surface area (Å²) in [7, 11) is 1.21. The number of hydrogen-bond donors (Lipinski definition) is 0. The molecular formula is C17H22O5. The molecule has 1 aromatic carbocycles. The monoisotopic (exact) mass is 306 g/mol. The van der Waals surface area contributed by atoms with Crippen LogP contribution >= 0.6 is 0 Å². The Bertz CT molecular complexity index is 495. The van der Waals surface area contributed by atoms with Crippen LogP contribution < -0.4 is 0 Å². The maximum Gasteiger partial charge on any atom is 0.316 e. The molecule has 0 fully saturated rings. The summed E-state index contributed by atoms with van der Waals surface area (Å²) in [6.07, 6.45) is 1.52. The summed E-state index contributed by atoms with van der Waals surface area (Å²) < 4.78 is 9.72. The van der Waals surface area contributed by atoms with Gasteiger partial charge < -0.3 is 9.47 Å². The molecule has 0 heterocycles. The first kappa shape index (κ1) is 17.9. The summed E-state index contributed by atoms with van der Waals surface area (Å²) in [5.41, 5.74) is 0.850. The predicted molar refractivity (Wildman–Crippen MR) is 80.9 cm³/mol. The fourth-order valence-corrected chi connectivity index (χ4v) is 1.96. The highest BCUT2D eigenvalue weighted by atomic mass is 16.5. The topological polar surface area (TPSA) is 69.7 Å². The highest BCUT2D eigenvalue weighted by molar-refractivity contribution is 6.01. The number of esters is 2. The lowest BCUT2D eigenvalue weighted by atomic mass is 9.96. The molecule has 0 amide bonds. The van der Waals surface area contributed by atoms with Crippen LogP contribution in [-0.4, -0.2) is 24.8 Å². The Labute approximate surface area is 130 Å². The molecule has 0 saturated heterocycles. The quantitative estimate of drug-likeness (QED) is 0.518. The van der Waals surface area contributed by atoms with Crippen molar-refractivity contribution < 1.29 is 23.9 Å². The number of benzene rings is 1. The minimum atomic E-state index is -1.07. The molecule has 0 spiro atoms. The van der Waals surface area contributed by atoms with Crippen LogP contribution in [0, 0.1) is 5.92 Å². The molecule has 22 heavy (non-hydrogen) atoms. The predicted octanol–water partition coefficient (Wildman–Crippen LogP) is 2.67. The van der Waals surface area contributed by atoms with Crippen molar-refractivity contribution in [2.75, 3.05) is 7.11 Å². The van der Waals surface area contributed by atoms with Crippen molar-refractivity contribution in [2.45, 2.75) is 39.2 Å². The Morgan fingerprint density at radius 2 is 1.82 bits per heavy atom. The van der Waals surface area contributed by atoms with Gasteiger partial charge in [-0.2, -0.15) is 0 Å². The number of carbonyl (C=O) groups is 3. The minimum absolute atomic E-state index is 0.122. The fraction of sp³-hybridized carbons (Fsp3) is 0.471. The van der Waals surface area contributed by atoms with Crippen molar-refractivity contribution in [3.8, 4) is 0 Å². The second-order valence-corrected chi connectivity index (χ2v) is 5.00. The molecular weight excluding hydrogens is 284 g/mol. The summed E-state index contributed by atoms with van der Waals surface area (Å²) in [6, 6.07) is 9.21. The zero-order valence-corrected chi connectivity index (χ0v) is 13.0. The molecule has 0 aromatic heterocycles. The van der Waals surface area contributed by atoms with Gasteiger partial charge in [-0.3, -0.25) is 14.4 Å². The van der Waals surface area contributed by atoms with E-state index in [0.717, 1.165) is 12.0 Å². The maximum absolute atomic E-state index is 12.0. The maximum atomic E-state index is 12.0. The first-order valence-electron chi connectivity index (χ1n) is 7.38. The third-order valence-corrected chi connectivity index (χ3v) is 3.26. The van der Waals surface area contributed by atoms with Crippen molar-refractivity contribution in [3.63, 3.8) is 0 Å². The first-order chi connectivity index (χ1) is 10.6. The molecule has 1 atom stereocenters. The number of rotatable bonds is 9. The van der Waals surface area contributed by atoms with Crippen LogP contribution in [-0.2, 0) is 30.5 Å². The summed E-state index contributed by atoms with van der Waals surface area (Å²) in [4.78, 5) is 35.5. The Morgan fingerprint density at radius 1 is 1.14 bits per heavy atom. The number of unbranched alkanes of at least 4 members (excludes halogenated alkanes) is 1. The van der Waals surface area contributed by atoms with Crippen LogP contribution in [0.3, 0.4) is 0 Å². The van der Waals surface area contributed by atoms with E-state index >= 15 is 0 Å². The van der Waals surface area contributed by atoms with E-state index in [-0.39, 0.29) is 25.2 Å². The van der Waals surface area contributed by atoms with Crippen LogP contribution in [0.15, 0.2) is 30.3 Å². The third kappa shape index (κ3) is 6.08. The second kappa shape index (κ2) is 9.71. The van der Waals surface area contributed by atoms with Crippen molar-refractivity contribution in [1.82, 2.24) is 0 Å². The highest BCUT2D eigenvalue weighted by Crippen LogP contribution is 2.14. The smallest absolute Gasteiger partial charge is 0.316 e. The SMILES string of the molecule is CCCCC(=O)C(CC(=O)OCc1ccccc1)C(=O)OC. The van der Waals surface area contributed by atoms with Gasteiger partial charge in [0.05, 0.1) is 13.5 Å². The molecule has 0 bridgehead atoms. The van der Waals surface area contributed by atoms with Gasteiger partial charge in [0.15, 0.2) is 0 Å². The lowest BCUT2D eigenvalue weighted by Gasteiger charge is -2.13. The zero-order chi connectivity index (χ0) is 16.4. The number of carbonyl (C=O) groups excluding carboxylic acids is 3. The van der Waals surface area contributed by atoms with E-state index in [4.69, 9.17) is 4.74 Å². The normalized spacial score (nSPS) is 11.5. The van der Waals surface area contributed by atoms with Crippen LogP contribution in [0.2, 0.25) is 0 Å². The van der Waals surface area contributed by atoms with Crippen LogP contribution in [0.25, 0.3) is 0 Å². The number of ether oxygens (including phenoxy) is 2. The average molecular weight is 306 g/mol. The number of ketones is 1. The Hall–Kier alpha value is -2.17. The summed E-state index contributed by atoms with van der Waals surface area (Å²) in [6.45, 7) is 2.07. The van der Waals surface area contributed by atoms with E-state index in [0.29, 0.717) is 6.42 Å².